The summed E-state index contributed by atoms with van der Waals surface area (Å²) in [5.74, 6) is -0.0936. The molecule has 1 aliphatic heterocycles. The number of benzene rings is 6. The highest BCUT2D eigenvalue weighted by atomic mass is 35.5. The maximum atomic E-state index is 13.0. The molecule has 0 aromatic heterocycles. The van der Waals surface area contributed by atoms with Crippen LogP contribution in [0.5, 0.6) is 0 Å². The minimum Gasteiger partial charge on any atom is -0.412 e. The van der Waals surface area contributed by atoms with E-state index >= 15 is 0 Å². The largest absolute Gasteiger partial charge is 0.416 e. The summed E-state index contributed by atoms with van der Waals surface area (Å²) in [5, 5.41) is 3.30. The maximum Gasteiger partial charge on any atom is 0.416 e. The number of fused-ring (bicyclic) bond motifs is 1. The second-order valence-corrected chi connectivity index (χ2v) is 10.8. The normalized spacial score (nSPS) is 12.0. The average Bonchev–Trinajstić information content (AvgIpc) is 3.37. The van der Waals surface area contributed by atoms with Gasteiger partial charge in [-0.25, -0.2) is 4.99 Å². The third-order valence-corrected chi connectivity index (χ3v) is 7.11. The van der Waals surface area contributed by atoms with Crippen LogP contribution in [0.3, 0.4) is 0 Å². The Morgan fingerprint density at radius 3 is 1.71 bits per heavy atom. The van der Waals surface area contributed by atoms with Crippen molar-refractivity contribution >= 4 is 70.6 Å². The van der Waals surface area contributed by atoms with Crippen LogP contribution >= 0.6 is 24.8 Å². The minimum atomic E-state index is -4.30. The molecule has 6 aromatic rings. The molecule has 51 heavy (non-hydrogen) atoms. The molecule has 0 spiro atoms. The summed E-state index contributed by atoms with van der Waals surface area (Å²) < 4.78 is 35.7. The number of carbonyl (C=O) groups excluding carboxylic acids is 1. The molecule has 0 bridgehead atoms. The number of nitrogens with zero attached hydrogens (tertiary/aromatic N) is 2. The average molecular weight is 734 g/mol. The Bertz CT molecular complexity index is 1960. The van der Waals surface area contributed by atoms with E-state index in [0.717, 1.165) is 51.7 Å². The van der Waals surface area contributed by atoms with Crippen LogP contribution in [0.1, 0.15) is 16.7 Å². The fourth-order valence-electron chi connectivity index (χ4n) is 4.89. The monoisotopic (exact) mass is 732 g/mol. The predicted octanol–water partition coefficient (Wildman–Crippen LogP) is 10.5. The number of nitrogens with two attached hydrogens (primary N) is 1. The molecule has 1 heterocycles. The first kappa shape index (κ1) is 41.6. The van der Waals surface area contributed by atoms with Crippen molar-refractivity contribution in [2.45, 2.75) is 13.1 Å². The number of carbonyl (C=O) groups is 1. The second-order valence-electron chi connectivity index (χ2n) is 10.8. The van der Waals surface area contributed by atoms with E-state index in [9.17, 15) is 18.0 Å². The van der Waals surface area contributed by atoms with Gasteiger partial charge in [-0.3, -0.25) is 9.69 Å². The molecule has 1 aliphatic rings. The first-order valence-electron chi connectivity index (χ1n) is 15.1. The number of halogens is 5. The Morgan fingerprint density at radius 2 is 1.18 bits per heavy atom. The smallest absolute Gasteiger partial charge is 0.412 e. The molecule has 0 radical (unpaired) electrons. The van der Waals surface area contributed by atoms with E-state index in [1.807, 2.05) is 146 Å². The van der Waals surface area contributed by atoms with E-state index in [4.69, 9.17) is 5.73 Å². The van der Waals surface area contributed by atoms with E-state index < -0.39 is 11.7 Å². The predicted molar refractivity (Wildman–Crippen MR) is 208 cm³/mol. The molecule has 7 rings (SSSR count). The van der Waals surface area contributed by atoms with E-state index in [2.05, 4.69) is 10.3 Å². The Morgan fingerprint density at radius 1 is 0.647 bits per heavy atom. The molecular formula is C40H37Cl2F3N4O2. The molecule has 11 heteroatoms. The van der Waals surface area contributed by atoms with Gasteiger partial charge in [0.1, 0.15) is 5.71 Å². The molecule has 6 aromatic carbocycles. The Balaban J connectivity index is 0.000000285. The zero-order chi connectivity index (χ0) is 33.9. The third kappa shape index (κ3) is 11.5. The lowest BCUT2D eigenvalue weighted by molar-refractivity contribution is -0.137. The van der Waals surface area contributed by atoms with Gasteiger partial charge in [-0.1, -0.05) is 91.0 Å². The molecule has 5 N–H and O–H groups in total. The molecule has 0 atom stereocenters. The Labute approximate surface area is 307 Å². The summed E-state index contributed by atoms with van der Waals surface area (Å²) in [4.78, 5) is 19.4. The van der Waals surface area contributed by atoms with Crippen LogP contribution in [0, 0.1) is 6.92 Å². The van der Waals surface area contributed by atoms with Gasteiger partial charge in [0.15, 0.2) is 0 Å². The number of aryl methyl sites for hydroxylation is 1. The first-order chi connectivity index (χ1) is 23.2. The Kier molecular flexibility index (Phi) is 15.9. The third-order valence-electron chi connectivity index (χ3n) is 7.11. The molecule has 0 saturated carbocycles. The molecule has 0 fully saturated rings. The summed E-state index contributed by atoms with van der Waals surface area (Å²) in [7, 11) is 0. The number of para-hydroxylation sites is 4. The van der Waals surface area contributed by atoms with Gasteiger partial charge in [0, 0.05) is 28.3 Å². The van der Waals surface area contributed by atoms with E-state index in [0.29, 0.717) is 5.71 Å². The van der Waals surface area contributed by atoms with Gasteiger partial charge in [-0.15, -0.1) is 24.8 Å². The molecular weight excluding hydrogens is 696 g/mol. The summed E-state index contributed by atoms with van der Waals surface area (Å²) in [6.45, 7) is 2.02. The number of hydrogen-bond acceptors (Lipinski definition) is 4. The summed E-state index contributed by atoms with van der Waals surface area (Å²) in [5.41, 5.74) is 11.8. The Hall–Kier alpha value is -5.61. The number of anilines is 5. The van der Waals surface area contributed by atoms with Crippen molar-refractivity contribution < 1.29 is 23.4 Å². The number of amides is 1. The number of aliphatic imine (C=N–C) groups is 1. The van der Waals surface area contributed by atoms with Crippen molar-refractivity contribution in [2.75, 3.05) is 16.0 Å². The fraction of sp³-hybridized carbons (Fsp3) is 0.0500. The van der Waals surface area contributed by atoms with Crippen molar-refractivity contribution in [3.63, 3.8) is 0 Å². The standard InChI is InChI=1S/C21H16N2O.C12H11N.C7H6F3N.2ClH.H2O/c1-15-8-7-9-16(14-15)22-20-18-12-5-6-13-19(18)23(21(20)24)17-10-3-2-4-11-17;1-3-7-11(8-4-1)13-12-9-5-2-6-10-12;8-7(9,10)5-2-1-3-6(11)4-5;;;/h2-14H,1H3;1-10,13H;1-4H,11H2;2*1H;1H2. The molecule has 0 aliphatic carbocycles. The van der Waals surface area contributed by atoms with Crippen molar-refractivity contribution in [3.05, 3.63) is 180 Å². The molecule has 1 amide bonds. The highest BCUT2D eigenvalue weighted by Gasteiger charge is 2.34. The minimum absolute atomic E-state index is 0. The van der Waals surface area contributed by atoms with Crippen molar-refractivity contribution in [1.82, 2.24) is 0 Å². The van der Waals surface area contributed by atoms with E-state index in [1.54, 1.807) is 4.90 Å². The van der Waals surface area contributed by atoms with Crippen molar-refractivity contribution in [1.29, 1.82) is 0 Å². The number of nitrogen functional groups attached to an aromatic ring is 1. The number of nitrogens with one attached hydrogen (secondary N) is 1. The van der Waals surface area contributed by atoms with Gasteiger partial charge >= 0.3 is 6.18 Å². The molecule has 264 valence electrons. The summed E-state index contributed by atoms with van der Waals surface area (Å²) >= 11 is 0. The van der Waals surface area contributed by atoms with Crippen molar-refractivity contribution in [2.24, 2.45) is 4.99 Å². The van der Waals surface area contributed by atoms with Gasteiger partial charge < -0.3 is 16.5 Å². The lowest BCUT2D eigenvalue weighted by Gasteiger charge is -2.16. The topological polar surface area (TPSA) is 102 Å². The van der Waals surface area contributed by atoms with Gasteiger partial charge in [0.25, 0.3) is 5.91 Å². The van der Waals surface area contributed by atoms with Crippen LogP contribution in [-0.2, 0) is 11.0 Å². The summed E-state index contributed by atoms with van der Waals surface area (Å²) in [6, 6.07) is 50.2. The van der Waals surface area contributed by atoms with Crippen LogP contribution in [0.15, 0.2) is 169 Å². The first-order valence-corrected chi connectivity index (χ1v) is 15.1. The zero-order valence-electron chi connectivity index (χ0n) is 27.4. The van der Waals surface area contributed by atoms with Gasteiger partial charge in [-0.05, 0) is 85.3 Å². The SMILES string of the molecule is Cc1cccc(N=C2C(=O)N(c3ccccc3)c3ccccc32)c1.Cl.Cl.Nc1cccc(C(F)(F)F)c1.O.c1ccc(Nc2ccccc2)cc1. The second kappa shape index (κ2) is 19.5. The number of hydrogen-bond donors (Lipinski definition) is 2. The highest BCUT2D eigenvalue weighted by Crippen LogP contribution is 2.36. The highest BCUT2D eigenvalue weighted by molar-refractivity contribution is 6.56. The molecule has 0 unspecified atom stereocenters. The van der Waals surface area contributed by atoms with Crippen molar-refractivity contribution in [3.8, 4) is 0 Å². The van der Waals surface area contributed by atoms with Crippen LogP contribution in [0.4, 0.5) is 47.3 Å². The molecule has 6 nitrogen and oxygen atoms in total. The van der Waals surface area contributed by atoms with Crippen LogP contribution in [0.2, 0.25) is 0 Å². The summed E-state index contributed by atoms with van der Waals surface area (Å²) in [6.07, 6.45) is -4.30. The van der Waals surface area contributed by atoms with Gasteiger partial charge in [-0.2, -0.15) is 13.2 Å². The van der Waals surface area contributed by atoms with Crippen LogP contribution < -0.4 is 16.0 Å². The fourth-order valence-corrected chi connectivity index (χ4v) is 4.89. The van der Waals surface area contributed by atoms with Gasteiger partial charge in [0.2, 0.25) is 0 Å². The number of rotatable bonds is 4. The van der Waals surface area contributed by atoms with E-state index in [-0.39, 0.29) is 41.9 Å². The van der Waals surface area contributed by atoms with Gasteiger partial charge in [0.05, 0.1) is 16.9 Å². The molecule has 0 saturated heterocycles. The maximum absolute atomic E-state index is 13.0. The quantitative estimate of drug-likeness (QED) is 0.176. The van der Waals surface area contributed by atoms with Crippen LogP contribution in [0.25, 0.3) is 0 Å². The number of alkyl halides is 3. The van der Waals surface area contributed by atoms with E-state index in [1.165, 1.54) is 12.1 Å². The zero-order valence-corrected chi connectivity index (χ0v) is 29.1. The lowest BCUT2D eigenvalue weighted by atomic mass is 10.1. The lowest BCUT2D eigenvalue weighted by Crippen LogP contribution is -2.25. The van der Waals surface area contributed by atoms with Crippen LogP contribution in [-0.4, -0.2) is 17.1 Å².